The first-order valence-corrected chi connectivity index (χ1v) is 9.74. The number of hydrogen-bond donors (Lipinski definition) is 3. The van der Waals surface area contributed by atoms with Crippen LogP contribution >= 0.6 is 0 Å². The van der Waals surface area contributed by atoms with Crippen molar-refractivity contribution in [3.8, 4) is 0 Å². The molecule has 1 saturated heterocycles. The van der Waals surface area contributed by atoms with Crippen LogP contribution < -0.4 is 21.4 Å². The van der Waals surface area contributed by atoms with Crippen LogP contribution in [-0.4, -0.2) is 47.0 Å². The minimum atomic E-state index is 0.355. The number of hydrogen-bond acceptors (Lipinski definition) is 9. The van der Waals surface area contributed by atoms with Crippen molar-refractivity contribution in [1.82, 2.24) is 15.0 Å². The van der Waals surface area contributed by atoms with Crippen LogP contribution in [0.2, 0.25) is 0 Å². The second-order valence-corrected chi connectivity index (χ2v) is 6.81. The van der Waals surface area contributed by atoms with Crippen LogP contribution in [0.4, 0.5) is 29.2 Å². The van der Waals surface area contributed by atoms with Gasteiger partial charge < -0.3 is 20.7 Å². The fourth-order valence-electron chi connectivity index (χ4n) is 2.99. The summed E-state index contributed by atoms with van der Waals surface area (Å²) in [5.74, 6) is 1.37. The standard InChI is InChI=1S/C21H24N8O/c1-15(16-6-5-7-17(22)14-16)27-28-20-24-19(23-18-8-3-2-4-9-18)25-21(26-20)29-10-12-30-13-11-29/h2-9,14H,10-13,22H2,1H3,(H2,23,24,25,26,28). The average Bonchev–Trinajstić information content (AvgIpc) is 2.78. The van der Waals surface area contributed by atoms with Crippen molar-refractivity contribution in [3.05, 3.63) is 60.2 Å². The third-order valence-corrected chi connectivity index (χ3v) is 4.58. The molecule has 1 aromatic heterocycles. The van der Waals surface area contributed by atoms with Crippen molar-refractivity contribution in [1.29, 1.82) is 0 Å². The molecule has 1 aliphatic heterocycles. The van der Waals surface area contributed by atoms with Crippen molar-refractivity contribution in [2.45, 2.75) is 6.92 Å². The van der Waals surface area contributed by atoms with Crippen molar-refractivity contribution in [3.63, 3.8) is 0 Å². The Morgan fingerprint density at radius 2 is 1.77 bits per heavy atom. The number of benzene rings is 2. The van der Waals surface area contributed by atoms with E-state index in [9.17, 15) is 0 Å². The molecule has 0 unspecified atom stereocenters. The van der Waals surface area contributed by atoms with Gasteiger partial charge in [-0.05, 0) is 36.8 Å². The summed E-state index contributed by atoms with van der Waals surface area (Å²) < 4.78 is 5.44. The molecule has 2 heterocycles. The summed E-state index contributed by atoms with van der Waals surface area (Å²) in [6.07, 6.45) is 0. The van der Waals surface area contributed by atoms with Crippen LogP contribution in [0.15, 0.2) is 59.7 Å². The van der Waals surface area contributed by atoms with E-state index in [1.54, 1.807) is 0 Å². The van der Waals surface area contributed by atoms with E-state index < -0.39 is 0 Å². The Bertz CT molecular complexity index is 1020. The SMILES string of the molecule is CC(=NNc1nc(Nc2ccccc2)nc(N2CCOCC2)n1)c1cccc(N)c1. The van der Waals surface area contributed by atoms with Gasteiger partial charge in [0.2, 0.25) is 17.8 Å². The van der Waals surface area contributed by atoms with Gasteiger partial charge in [0.15, 0.2) is 0 Å². The van der Waals surface area contributed by atoms with Crippen LogP contribution in [-0.2, 0) is 4.74 Å². The fourth-order valence-corrected chi connectivity index (χ4v) is 2.99. The normalized spacial score (nSPS) is 14.4. The van der Waals surface area contributed by atoms with E-state index >= 15 is 0 Å². The third kappa shape index (κ3) is 5.00. The highest BCUT2D eigenvalue weighted by Crippen LogP contribution is 2.19. The van der Waals surface area contributed by atoms with Crippen molar-refractivity contribution >= 4 is 34.9 Å². The first-order chi connectivity index (χ1) is 14.7. The van der Waals surface area contributed by atoms with Crippen LogP contribution in [0, 0.1) is 0 Å². The number of nitrogens with one attached hydrogen (secondary N) is 2. The van der Waals surface area contributed by atoms with Gasteiger partial charge in [0.05, 0.1) is 18.9 Å². The molecule has 30 heavy (non-hydrogen) atoms. The molecule has 1 fully saturated rings. The molecule has 4 N–H and O–H groups in total. The quantitative estimate of drug-likeness (QED) is 0.326. The summed E-state index contributed by atoms with van der Waals surface area (Å²) in [5.41, 5.74) is 12.1. The zero-order valence-electron chi connectivity index (χ0n) is 16.7. The number of anilines is 5. The smallest absolute Gasteiger partial charge is 0.250 e. The largest absolute Gasteiger partial charge is 0.399 e. The third-order valence-electron chi connectivity index (χ3n) is 4.58. The van der Waals surface area contributed by atoms with Gasteiger partial charge in [-0.3, -0.25) is 0 Å². The molecular formula is C21H24N8O. The number of ether oxygens (including phenoxy) is 1. The highest BCUT2D eigenvalue weighted by atomic mass is 16.5. The summed E-state index contributed by atoms with van der Waals surface area (Å²) >= 11 is 0. The predicted octanol–water partition coefficient (Wildman–Crippen LogP) is 2.87. The molecule has 4 rings (SSSR count). The van der Waals surface area contributed by atoms with Crippen molar-refractivity contribution in [2.24, 2.45) is 5.10 Å². The maximum Gasteiger partial charge on any atom is 0.250 e. The number of hydrazone groups is 1. The Hall–Kier alpha value is -3.72. The summed E-state index contributed by atoms with van der Waals surface area (Å²) in [6, 6.07) is 17.3. The van der Waals surface area contributed by atoms with Gasteiger partial charge >= 0.3 is 0 Å². The summed E-state index contributed by atoms with van der Waals surface area (Å²) in [7, 11) is 0. The average molecular weight is 404 g/mol. The van der Waals surface area contributed by atoms with E-state index in [0.717, 1.165) is 30.1 Å². The number of morpholine rings is 1. The highest BCUT2D eigenvalue weighted by molar-refractivity contribution is 5.99. The van der Waals surface area contributed by atoms with Gasteiger partial charge in [-0.25, -0.2) is 5.43 Å². The Balaban J connectivity index is 1.60. The molecule has 1 aliphatic rings. The number of para-hydroxylation sites is 1. The van der Waals surface area contributed by atoms with E-state index in [1.165, 1.54) is 0 Å². The molecular weight excluding hydrogens is 380 g/mol. The molecule has 0 saturated carbocycles. The summed E-state index contributed by atoms with van der Waals surface area (Å²) in [4.78, 5) is 15.7. The van der Waals surface area contributed by atoms with Crippen LogP contribution in [0.1, 0.15) is 12.5 Å². The van der Waals surface area contributed by atoms with Gasteiger partial charge in [-0.1, -0.05) is 30.3 Å². The molecule has 0 aliphatic carbocycles. The maximum absolute atomic E-state index is 5.87. The zero-order valence-corrected chi connectivity index (χ0v) is 16.7. The van der Waals surface area contributed by atoms with E-state index in [1.807, 2.05) is 61.5 Å². The first kappa shape index (κ1) is 19.6. The molecule has 0 spiro atoms. The molecule has 9 nitrogen and oxygen atoms in total. The highest BCUT2D eigenvalue weighted by Gasteiger charge is 2.16. The molecule has 0 radical (unpaired) electrons. The number of nitrogens with zero attached hydrogens (tertiary/aromatic N) is 5. The lowest BCUT2D eigenvalue weighted by atomic mass is 10.1. The Morgan fingerprint density at radius 1 is 1.00 bits per heavy atom. The van der Waals surface area contributed by atoms with Gasteiger partial charge in [-0.15, -0.1) is 0 Å². The van der Waals surface area contributed by atoms with Crippen LogP contribution in [0.25, 0.3) is 0 Å². The van der Waals surface area contributed by atoms with E-state index in [-0.39, 0.29) is 0 Å². The monoisotopic (exact) mass is 404 g/mol. The van der Waals surface area contributed by atoms with Crippen molar-refractivity contribution in [2.75, 3.05) is 47.7 Å². The van der Waals surface area contributed by atoms with Crippen LogP contribution in [0.3, 0.4) is 0 Å². The van der Waals surface area contributed by atoms with Crippen molar-refractivity contribution < 1.29 is 4.74 Å². The Labute approximate surface area is 175 Å². The zero-order chi connectivity index (χ0) is 20.8. The lowest BCUT2D eigenvalue weighted by Gasteiger charge is -2.27. The second kappa shape index (κ2) is 9.19. The number of aromatic nitrogens is 3. The molecule has 154 valence electrons. The number of nitrogen functional groups attached to an aromatic ring is 1. The van der Waals surface area contributed by atoms with Gasteiger partial charge in [0, 0.05) is 24.5 Å². The first-order valence-electron chi connectivity index (χ1n) is 9.74. The molecule has 0 atom stereocenters. The maximum atomic E-state index is 5.87. The fraction of sp³-hybridized carbons (Fsp3) is 0.238. The van der Waals surface area contributed by atoms with Gasteiger partial charge in [-0.2, -0.15) is 20.1 Å². The summed E-state index contributed by atoms with van der Waals surface area (Å²) in [5, 5.41) is 7.65. The Morgan fingerprint density at radius 3 is 2.53 bits per heavy atom. The van der Waals surface area contributed by atoms with Gasteiger partial charge in [0.1, 0.15) is 0 Å². The second-order valence-electron chi connectivity index (χ2n) is 6.81. The number of nitrogens with two attached hydrogens (primary N) is 1. The molecule has 0 bridgehead atoms. The number of rotatable bonds is 6. The minimum Gasteiger partial charge on any atom is -0.399 e. The van der Waals surface area contributed by atoms with E-state index in [2.05, 4.69) is 35.7 Å². The topological polar surface area (TPSA) is 114 Å². The van der Waals surface area contributed by atoms with E-state index in [0.29, 0.717) is 36.7 Å². The lowest BCUT2D eigenvalue weighted by molar-refractivity contribution is 0.122. The van der Waals surface area contributed by atoms with Gasteiger partial charge in [0.25, 0.3) is 0 Å². The lowest BCUT2D eigenvalue weighted by Crippen LogP contribution is -2.37. The summed E-state index contributed by atoms with van der Waals surface area (Å²) in [6.45, 7) is 4.62. The Kier molecular flexibility index (Phi) is 6.00. The molecule has 2 aromatic carbocycles. The molecule has 9 heteroatoms. The molecule has 0 amide bonds. The minimum absolute atomic E-state index is 0.355. The van der Waals surface area contributed by atoms with Crippen LogP contribution in [0.5, 0.6) is 0 Å². The van der Waals surface area contributed by atoms with E-state index in [4.69, 9.17) is 10.5 Å². The molecule has 3 aromatic rings. The predicted molar refractivity (Wildman–Crippen MR) is 119 cm³/mol.